The van der Waals surface area contributed by atoms with Gasteiger partial charge in [-0.1, -0.05) is 20.8 Å². The van der Waals surface area contributed by atoms with E-state index in [1.807, 2.05) is 0 Å². The standard InChI is InChI=1S/C14H23N3OS/c1-14(2,3)11-5-4-10(19-11)12(13(15)18)17-8-6-16-7-9-17/h4-5,12,16H,6-9H2,1-3H3,(H2,15,18). The Hall–Kier alpha value is -0.910. The lowest BCUT2D eigenvalue weighted by Crippen LogP contribution is -2.48. The van der Waals surface area contributed by atoms with Crippen molar-refractivity contribution >= 4 is 17.2 Å². The molecule has 106 valence electrons. The molecule has 1 aliphatic heterocycles. The number of hydrogen-bond acceptors (Lipinski definition) is 4. The van der Waals surface area contributed by atoms with E-state index in [0.29, 0.717) is 0 Å². The van der Waals surface area contributed by atoms with Gasteiger partial charge in [0.15, 0.2) is 0 Å². The summed E-state index contributed by atoms with van der Waals surface area (Å²) >= 11 is 1.71. The largest absolute Gasteiger partial charge is 0.368 e. The second-order valence-corrected chi connectivity index (χ2v) is 7.16. The number of nitrogens with zero attached hydrogens (tertiary/aromatic N) is 1. The number of primary amides is 1. The van der Waals surface area contributed by atoms with Crippen LogP contribution in [-0.2, 0) is 10.2 Å². The fraction of sp³-hybridized carbons (Fsp3) is 0.643. The number of nitrogens with two attached hydrogens (primary N) is 1. The summed E-state index contributed by atoms with van der Waals surface area (Å²) < 4.78 is 0. The summed E-state index contributed by atoms with van der Waals surface area (Å²) in [6.45, 7) is 10.1. The zero-order chi connectivity index (χ0) is 14.0. The van der Waals surface area contributed by atoms with Gasteiger partial charge in [-0.05, 0) is 17.5 Å². The van der Waals surface area contributed by atoms with Gasteiger partial charge < -0.3 is 11.1 Å². The van der Waals surface area contributed by atoms with E-state index < -0.39 is 0 Å². The van der Waals surface area contributed by atoms with Crippen molar-refractivity contribution in [2.24, 2.45) is 5.73 Å². The average molecular weight is 281 g/mol. The fourth-order valence-corrected chi connectivity index (χ4v) is 3.55. The Kier molecular flexibility index (Phi) is 4.28. The molecule has 2 heterocycles. The molecule has 2 rings (SSSR count). The van der Waals surface area contributed by atoms with Crippen molar-refractivity contribution < 1.29 is 4.79 Å². The summed E-state index contributed by atoms with van der Waals surface area (Å²) in [5.41, 5.74) is 5.74. The molecule has 3 N–H and O–H groups in total. The average Bonchev–Trinajstić information content (AvgIpc) is 2.79. The highest BCUT2D eigenvalue weighted by Gasteiger charge is 2.29. The molecular formula is C14H23N3OS. The second kappa shape index (κ2) is 5.61. The van der Waals surface area contributed by atoms with Crippen LogP contribution in [0, 0.1) is 0 Å². The normalized spacial score (nSPS) is 19.3. The van der Waals surface area contributed by atoms with E-state index in [1.54, 1.807) is 11.3 Å². The smallest absolute Gasteiger partial charge is 0.240 e. The van der Waals surface area contributed by atoms with Gasteiger partial charge in [0.05, 0.1) is 0 Å². The predicted octanol–water partition coefficient (Wildman–Crippen LogP) is 1.48. The Bertz CT molecular complexity index is 444. The number of piperazine rings is 1. The van der Waals surface area contributed by atoms with Crippen molar-refractivity contribution in [1.82, 2.24) is 10.2 Å². The van der Waals surface area contributed by atoms with Gasteiger partial charge in [-0.3, -0.25) is 9.69 Å². The summed E-state index contributed by atoms with van der Waals surface area (Å²) in [5.74, 6) is -0.246. The van der Waals surface area contributed by atoms with Crippen LogP contribution in [0.5, 0.6) is 0 Å². The molecule has 0 bridgehead atoms. The van der Waals surface area contributed by atoms with Crippen molar-refractivity contribution in [1.29, 1.82) is 0 Å². The van der Waals surface area contributed by atoms with E-state index >= 15 is 0 Å². The topological polar surface area (TPSA) is 58.4 Å². The molecule has 1 fully saturated rings. The molecule has 0 saturated carbocycles. The molecule has 0 aliphatic carbocycles. The van der Waals surface area contributed by atoms with Crippen molar-refractivity contribution in [3.63, 3.8) is 0 Å². The number of thiophene rings is 1. The number of rotatable bonds is 3. The first-order valence-corrected chi connectivity index (χ1v) is 7.55. The number of nitrogens with one attached hydrogen (secondary N) is 1. The van der Waals surface area contributed by atoms with Crippen molar-refractivity contribution in [2.75, 3.05) is 26.2 Å². The first kappa shape index (κ1) is 14.5. The van der Waals surface area contributed by atoms with E-state index in [1.165, 1.54) is 4.88 Å². The second-order valence-electron chi connectivity index (χ2n) is 6.04. The van der Waals surface area contributed by atoms with Crippen LogP contribution in [-0.4, -0.2) is 37.0 Å². The van der Waals surface area contributed by atoms with Crippen LogP contribution in [0.3, 0.4) is 0 Å². The van der Waals surface area contributed by atoms with Gasteiger partial charge in [0.25, 0.3) is 0 Å². The Balaban J connectivity index is 2.24. The molecule has 19 heavy (non-hydrogen) atoms. The minimum absolute atomic E-state index is 0.120. The van der Waals surface area contributed by atoms with Gasteiger partial charge in [0.1, 0.15) is 6.04 Å². The van der Waals surface area contributed by atoms with Crippen LogP contribution >= 0.6 is 11.3 Å². The summed E-state index contributed by atoms with van der Waals surface area (Å²) in [5, 5.41) is 3.30. The maximum atomic E-state index is 11.8. The molecule has 4 nitrogen and oxygen atoms in total. The Morgan fingerprint density at radius 2 is 2.00 bits per heavy atom. The van der Waals surface area contributed by atoms with Crippen LogP contribution < -0.4 is 11.1 Å². The lowest BCUT2D eigenvalue weighted by molar-refractivity contribution is -0.123. The van der Waals surface area contributed by atoms with Crippen LogP contribution in [0.1, 0.15) is 36.6 Å². The van der Waals surface area contributed by atoms with Crippen molar-refractivity contribution in [2.45, 2.75) is 32.2 Å². The fourth-order valence-electron chi connectivity index (χ4n) is 2.34. The zero-order valence-electron chi connectivity index (χ0n) is 11.9. The van der Waals surface area contributed by atoms with E-state index in [2.05, 4.69) is 43.1 Å². The molecule has 1 amide bonds. The molecule has 1 aromatic rings. The highest BCUT2D eigenvalue weighted by atomic mass is 32.1. The molecule has 5 heteroatoms. The third kappa shape index (κ3) is 3.35. The van der Waals surface area contributed by atoms with Gasteiger partial charge in [-0.25, -0.2) is 0 Å². The van der Waals surface area contributed by atoms with Crippen LogP contribution in [0.15, 0.2) is 12.1 Å². The summed E-state index contributed by atoms with van der Waals surface area (Å²) in [6.07, 6.45) is 0. The lowest BCUT2D eigenvalue weighted by atomic mass is 9.95. The predicted molar refractivity (Wildman–Crippen MR) is 79.4 cm³/mol. The molecule has 0 aromatic carbocycles. The van der Waals surface area contributed by atoms with Crippen LogP contribution in [0.4, 0.5) is 0 Å². The Labute approximate surface area is 119 Å². The van der Waals surface area contributed by atoms with Gasteiger partial charge in [0, 0.05) is 35.9 Å². The monoisotopic (exact) mass is 281 g/mol. The number of carbonyl (C=O) groups is 1. The lowest BCUT2D eigenvalue weighted by Gasteiger charge is -2.32. The summed E-state index contributed by atoms with van der Waals surface area (Å²) in [7, 11) is 0. The van der Waals surface area contributed by atoms with Gasteiger partial charge in [-0.15, -0.1) is 11.3 Å². The molecule has 1 unspecified atom stereocenters. The summed E-state index contributed by atoms with van der Waals surface area (Å²) in [4.78, 5) is 16.4. The molecule has 1 aromatic heterocycles. The third-order valence-corrected chi connectivity index (χ3v) is 4.99. The van der Waals surface area contributed by atoms with E-state index in [-0.39, 0.29) is 17.4 Å². The van der Waals surface area contributed by atoms with Gasteiger partial charge >= 0.3 is 0 Å². The molecule has 1 aliphatic rings. The number of carbonyl (C=O) groups excluding carboxylic acids is 1. The van der Waals surface area contributed by atoms with Gasteiger partial charge in [-0.2, -0.15) is 0 Å². The molecule has 1 saturated heterocycles. The minimum atomic E-state index is -0.275. The Morgan fingerprint density at radius 1 is 1.37 bits per heavy atom. The van der Waals surface area contributed by atoms with Crippen molar-refractivity contribution in [3.8, 4) is 0 Å². The van der Waals surface area contributed by atoms with Gasteiger partial charge in [0.2, 0.25) is 5.91 Å². The first-order chi connectivity index (χ1) is 8.89. The number of hydrogen-bond donors (Lipinski definition) is 2. The highest BCUT2D eigenvalue weighted by Crippen LogP contribution is 2.34. The zero-order valence-corrected chi connectivity index (χ0v) is 12.7. The van der Waals surface area contributed by atoms with Crippen molar-refractivity contribution in [3.05, 3.63) is 21.9 Å². The maximum Gasteiger partial charge on any atom is 0.240 e. The van der Waals surface area contributed by atoms with E-state index in [9.17, 15) is 4.79 Å². The van der Waals surface area contributed by atoms with E-state index in [4.69, 9.17) is 5.73 Å². The molecular weight excluding hydrogens is 258 g/mol. The quantitative estimate of drug-likeness (QED) is 0.882. The molecule has 1 atom stereocenters. The van der Waals surface area contributed by atoms with Crippen LogP contribution in [0.2, 0.25) is 0 Å². The molecule has 0 radical (unpaired) electrons. The summed E-state index contributed by atoms with van der Waals surface area (Å²) in [6, 6.07) is 3.91. The number of amides is 1. The highest BCUT2D eigenvalue weighted by molar-refractivity contribution is 7.12. The van der Waals surface area contributed by atoms with E-state index in [0.717, 1.165) is 31.1 Å². The Morgan fingerprint density at radius 3 is 2.47 bits per heavy atom. The SMILES string of the molecule is CC(C)(C)c1ccc(C(C(N)=O)N2CCNCC2)s1. The minimum Gasteiger partial charge on any atom is -0.368 e. The first-order valence-electron chi connectivity index (χ1n) is 6.74. The maximum absolute atomic E-state index is 11.8. The third-order valence-electron chi connectivity index (χ3n) is 3.42. The molecule has 0 spiro atoms. The van der Waals surface area contributed by atoms with Crippen LogP contribution in [0.25, 0.3) is 0 Å².